The molecule has 0 saturated heterocycles. The predicted molar refractivity (Wildman–Crippen MR) is 140 cm³/mol. The fourth-order valence-corrected chi connectivity index (χ4v) is 5.30. The van der Waals surface area contributed by atoms with Gasteiger partial charge >= 0.3 is 0 Å². The van der Waals surface area contributed by atoms with Gasteiger partial charge in [-0.1, -0.05) is 49.4 Å². The lowest BCUT2D eigenvalue weighted by Gasteiger charge is -2.12. The van der Waals surface area contributed by atoms with E-state index in [1.54, 1.807) is 0 Å². The molecule has 162 valence electrons. The molecule has 0 spiro atoms. The zero-order valence-electron chi connectivity index (χ0n) is 19.1. The van der Waals surface area contributed by atoms with Gasteiger partial charge in [-0.05, 0) is 65.3 Å². The fraction of sp³-hybridized carbons (Fsp3) is 0.100. The maximum Gasteiger partial charge on any atom is 0.146 e. The van der Waals surface area contributed by atoms with Gasteiger partial charge in [0.05, 0.1) is 22.1 Å². The zero-order valence-corrected chi connectivity index (χ0v) is 19.1. The highest BCUT2D eigenvalue weighted by atomic mass is 15.0. The first-order valence-corrected chi connectivity index (χ1v) is 11.7. The zero-order chi connectivity index (χ0) is 22.8. The number of benzene rings is 3. The SMILES string of the molecule is CCc1ccc(-c2cccc3c(C)cn4c(nc5c6cccnc6c6ncccc6c54)c23)cc1. The third kappa shape index (κ3) is 2.57. The minimum absolute atomic E-state index is 0.894. The highest BCUT2D eigenvalue weighted by molar-refractivity contribution is 6.23. The second-order valence-corrected chi connectivity index (χ2v) is 8.89. The van der Waals surface area contributed by atoms with Crippen molar-refractivity contribution in [2.24, 2.45) is 0 Å². The lowest BCUT2D eigenvalue weighted by Crippen LogP contribution is -1.93. The predicted octanol–water partition coefficient (Wildman–Crippen LogP) is 7.27. The van der Waals surface area contributed by atoms with E-state index in [0.717, 1.165) is 44.9 Å². The van der Waals surface area contributed by atoms with Gasteiger partial charge in [0.1, 0.15) is 5.65 Å². The van der Waals surface area contributed by atoms with Crippen LogP contribution in [-0.4, -0.2) is 19.4 Å². The van der Waals surface area contributed by atoms with Crippen molar-refractivity contribution in [1.82, 2.24) is 19.4 Å². The van der Waals surface area contributed by atoms with Gasteiger partial charge in [-0.3, -0.25) is 14.4 Å². The maximum absolute atomic E-state index is 5.28. The number of aromatic nitrogens is 4. The molecule has 0 aliphatic heterocycles. The smallest absolute Gasteiger partial charge is 0.146 e. The molecule has 0 unspecified atom stereocenters. The molecule has 4 aromatic heterocycles. The van der Waals surface area contributed by atoms with E-state index in [9.17, 15) is 0 Å². The van der Waals surface area contributed by atoms with Gasteiger partial charge in [0.2, 0.25) is 0 Å². The van der Waals surface area contributed by atoms with E-state index in [-0.39, 0.29) is 0 Å². The van der Waals surface area contributed by atoms with Crippen molar-refractivity contribution in [2.75, 3.05) is 0 Å². The topological polar surface area (TPSA) is 43.1 Å². The molecule has 0 N–H and O–H groups in total. The van der Waals surface area contributed by atoms with Crippen LogP contribution in [0.4, 0.5) is 0 Å². The summed E-state index contributed by atoms with van der Waals surface area (Å²) in [5.41, 5.74) is 9.79. The van der Waals surface area contributed by atoms with E-state index in [1.807, 2.05) is 24.5 Å². The molecule has 0 amide bonds. The van der Waals surface area contributed by atoms with Gasteiger partial charge in [-0.15, -0.1) is 0 Å². The van der Waals surface area contributed by atoms with Crippen LogP contribution in [-0.2, 0) is 6.42 Å². The molecular weight excluding hydrogens is 416 g/mol. The molecule has 4 heteroatoms. The molecule has 0 aliphatic rings. The maximum atomic E-state index is 5.28. The Hall–Kier alpha value is -4.31. The number of hydrogen-bond acceptors (Lipinski definition) is 3. The molecule has 4 heterocycles. The van der Waals surface area contributed by atoms with Gasteiger partial charge in [-0.25, -0.2) is 4.98 Å². The standard InChI is InChI=1S/C30H22N4/c1-3-19-11-13-20(14-12-19)22-8-4-7-21-18(2)17-34-29-24-10-6-16-32-27(24)26-23(9-5-15-31-26)28(29)33-30(34)25(21)22/h4-17H,3H2,1-2H3. The van der Waals surface area contributed by atoms with Crippen LogP contribution >= 0.6 is 0 Å². The van der Waals surface area contributed by atoms with Crippen LogP contribution in [0.1, 0.15) is 18.1 Å². The van der Waals surface area contributed by atoms with Crippen LogP contribution in [0.3, 0.4) is 0 Å². The third-order valence-corrected chi connectivity index (χ3v) is 6.97. The lowest BCUT2D eigenvalue weighted by atomic mass is 9.96. The first-order chi connectivity index (χ1) is 16.7. The summed E-state index contributed by atoms with van der Waals surface area (Å²) in [5, 5.41) is 4.50. The molecule has 0 radical (unpaired) electrons. The molecule has 0 atom stereocenters. The molecule has 3 aromatic carbocycles. The molecule has 0 aliphatic carbocycles. The molecule has 0 saturated carbocycles. The molecule has 34 heavy (non-hydrogen) atoms. The Morgan fingerprint density at radius 1 is 0.735 bits per heavy atom. The summed E-state index contributed by atoms with van der Waals surface area (Å²) in [6.45, 7) is 4.37. The van der Waals surface area contributed by atoms with Crippen LogP contribution in [0.25, 0.3) is 60.4 Å². The van der Waals surface area contributed by atoms with E-state index >= 15 is 0 Å². The minimum Gasteiger partial charge on any atom is -0.298 e. The largest absolute Gasteiger partial charge is 0.298 e. The summed E-state index contributed by atoms with van der Waals surface area (Å²) in [7, 11) is 0. The van der Waals surface area contributed by atoms with E-state index in [4.69, 9.17) is 9.97 Å². The summed E-state index contributed by atoms with van der Waals surface area (Å²) in [4.78, 5) is 14.7. The van der Waals surface area contributed by atoms with Gasteiger partial charge < -0.3 is 0 Å². The number of aryl methyl sites for hydroxylation is 2. The Morgan fingerprint density at radius 2 is 1.44 bits per heavy atom. The average Bonchev–Trinajstić information content (AvgIpc) is 3.28. The Kier molecular flexibility index (Phi) is 4.00. The Bertz CT molecular complexity index is 1900. The van der Waals surface area contributed by atoms with Gasteiger partial charge in [0, 0.05) is 34.7 Å². The van der Waals surface area contributed by atoms with E-state index in [1.165, 1.54) is 33.0 Å². The summed E-state index contributed by atoms with van der Waals surface area (Å²) < 4.78 is 2.26. The van der Waals surface area contributed by atoms with Gasteiger partial charge in [-0.2, -0.15) is 0 Å². The van der Waals surface area contributed by atoms with Crippen molar-refractivity contribution in [3.8, 4) is 11.1 Å². The monoisotopic (exact) mass is 438 g/mol. The molecule has 4 nitrogen and oxygen atoms in total. The normalized spacial score (nSPS) is 11.9. The van der Waals surface area contributed by atoms with Crippen molar-refractivity contribution in [2.45, 2.75) is 20.3 Å². The van der Waals surface area contributed by atoms with Crippen LogP contribution in [0.2, 0.25) is 0 Å². The van der Waals surface area contributed by atoms with Crippen molar-refractivity contribution in [3.05, 3.63) is 96.4 Å². The minimum atomic E-state index is 0.894. The van der Waals surface area contributed by atoms with E-state index in [2.05, 4.69) is 84.0 Å². The molecular formula is C30H22N4. The Balaban J connectivity index is 1.71. The number of fused-ring (bicyclic) bond motifs is 10. The molecule has 7 rings (SSSR count). The molecule has 0 fully saturated rings. The van der Waals surface area contributed by atoms with E-state index < -0.39 is 0 Å². The number of nitrogens with zero attached hydrogens (tertiary/aromatic N) is 4. The fourth-order valence-electron chi connectivity index (χ4n) is 5.30. The van der Waals surface area contributed by atoms with Crippen LogP contribution in [0, 0.1) is 6.92 Å². The summed E-state index contributed by atoms with van der Waals surface area (Å²) in [6.07, 6.45) is 6.92. The highest BCUT2D eigenvalue weighted by Crippen LogP contribution is 2.38. The quantitative estimate of drug-likeness (QED) is 0.267. The van der Waals surface area contributed by atoms with Crippen LogP contribution in [0.5, 0.6) is 0 Å². The van der Waals surface area contributed by atoms with Gasteiger partial charge in [0.15, 0.2) is 0 Å². The van der Waals surface area contributed by atoms with Crippen LogP contribution < -0.4 is 0 Å². The first kappa shape index (κ1) is 19.2. The lowest BCUT2D eigenvalue weighted by molar-refractivity contribution is 1.14. The Morgan fingerprint density at radius 3 is 2.21 bits per heavy atom. The number of imidazole rings is 1. The van der Waals surface area contributed by atoms with E-state index in [0.29, 0.717) is 0 Å². The average molecular weight is 439 g/mol. The number of rotatable bonds is 2. The number of pyridine rings is 3. The summed E-state index contributed by atoms with van der Waals surface area (Å²) in [6, 6.07) is 23.7. The second-order valence-electron chi connectivity index (χ2n) is 8.89. The van der Waals surface area contributed by atoms with Crippen molar-refractivity contribution < 1.29 is 0 Å². The summed E-state index contributed by atoms with van der Waals surface area (Å²) >= 11 is 0. The molecule has 7 aromatic rings. The first-order valence-electron chi connectivity index (χ1n) is 11.7. The van der Waals surface area contributed by atoms with Crippen molar-refractivity contribution >= 4 is 49.3 Å². The Labute approximate surface area is 196 Å². The highest BCUT2D eigenvalue weighted by Gasteiger charge is 2.19. The summed E-state index contributed by atoms with van der Waals surface area (Å²) in [5.74, 6) is 0. The number of hydrogen-bond donors (Lipinski definition) is 0. The third-order valence-electron chi connectivity index (χ3n) is 6.97. The molecule has 0 bridgehead atoms. The van der Waals surface area contributed by atoms with Crippen LogP contribution in [0.15, 0.2) is 85.3 Å². The van der Waals surface area contributed by atoms with Gasteiger partial charge in [0.25, 0.3) is 0 Å². The van der Waals surface area contributed by atoms with Crippen molar-refractivity contribution in [1.29, 1.82) is 0 Å². The second kappa shape index (κ2) is 7.09. The van der Waals surface area contributed by atoms with Crippen molar-refractivity contribution in [3.63, 3.8) is 0 Å².